The molecule has 0 saturated heterocycles. The maximum atomic E-state index is 12.3. The van der Waals surface area contributed by atoms with E-state index in [2.05, 4.69) is 15.4 Å². The van der Waals surface area contributed by atoms with Crippen LogP contribution in [0.1, 0.15) is 18.2 Å². The Bertz CT molecular complexity index is 901. The molecule has 1 atom stereocenters. The fraction of sp³-hybridized carbons (Fsp3) is 0.278. The lowest BCUT2D eigenvalue weighted by Gasteiger charge is -2.15. The molecule has 1 amide bonds. The Hall–Kier alpha value is -2.89. The van der Waals surface area contributed by atoms with Gasteiger partial charge in [0.1, 0.15) is 5.75 Å². The maximum Gasteiger partial charge on any atom is 0.265 e. The minimum absolute atomic E-state index is 0.223. The second kappa shape index (κ2) is 6.31. The average molecular weight is 324 g/mol. The Morgan fingerprint density at radius 1 is 1.29 bits per heavy atom. The normalized spacial score (nSPS) is 12.2. The molecule has 3 rings (SSSR count). The number of carbonyl (C=O) groups is 1. The highest BCUT2D eigenvalue weighted by Crippen LogP contribution is 2.20. The quantitative estimate of drug-likeness (QED) is 0.801. The number of carbonyl (C=O) groups excluding carboxylic acids is 1. The molecular weight excluding hydrogens is 304 g/mol. The predicted octanol–water partition coefficient (Wildman–Crippen LogP) is 2.99. The molecule has 0 radical (unpaired) electrons. The molecule has 3 aromatic rings. The number of ether oxygens (including phenoxy) is 1. The number of hydrogen-bond donors (Lipinski definition) is 1. The van der Waals surface area contributed by atoms with E-state index >= 15 is 0 Å². The second-order valence-corrected chi connectivity index (χ2v) is 5.87. The van der Waals surface area contributed by atoms with Crippen LogP contribution in [0.4, 0.5) is 5.69 Å². The Kier molecular flexibility index (Phi) is 4.20. The number of benzene rings is 1. The highest BCUT2D eigenvalue weighted by Gasteiger charge is 2.16. The van der Waals surface area contributed by atoms with Gasteiger partial charge in [0.15, 0.2) is 11.8 Å². The van der Waals surface area contributed by atoms with E-state index in [4.69, 9.17) is 4.74 Å². The Labute approximate surface area is 140 Å². The van der Waals surface area contributed by atoms with Gasteiger partial charge in [0.2, 0.25) is 0 Å². The molecule has 24 heavy (non-hydrogen) atoms. The summed E-state index contributed by atoms with van der Waals surface area (Å²) in [6, 6.07) is 9.49. The van der Waals surface area contributed by atoms with Crippen molar-refractivity contribution >= 4 is 22.6 Å². The molecule has 0 spiro atoms. The first kappa shape index (κ1) is 16.0. The fourth-order valence-electron chi connectivity index (χ4n) is 2.57. The van der Waals surface area contributed by atoms with E-state index in [0.717, 1.165) is 22.3 Å². The first-order valence-electron chi connectivity index (χ1n) is 7.77. The van der Waals surface area contributed by atoms with Crippen LogP contribution in [-0.2, 0) is 11.8 Å². The van der Waals surface area contributed by atoms with Gasteiger partial charge in [-0.15, -0.1) is 0 Å². The van der Waals surface area contributed by atoms with Gasteiger partial charge in [-0.1, -0.05) is 12.1 Å². The lowest BCUT2D eigenvalue weighted by Crippen LogP contribution is -2.30. The van der Waals surface area contributed by atoms with E-state index in [0.29, 0.717) is 11.4 Å². The molecule has 0 aliphatic carbocycles. The standard InChI is InChI=1S/C18H20N4O2/c1-11-6-5-7-15(8-11)24-13(3)18(23)20-14-9-16-12(2)21-22(4)17(16)19-10-14/h5-10,13H,1-4H3,(H,20,23). The number of aromatic nitrogens is 3. The van der Waals surface area contributed by atoms with Gasteiger partial charge in [0.05, 0.1) is 17.6 Å². The number of amides is 1. The highest BCUT2D eigenvalue weighted by molar-refractivity contribution is 5.95. The number of anilines is 1. The van der Waals surface area contributed by atoms with E-state index in [-0.39, 0.29) is 5.91 Å². The Balaban J connectivity index is 1.73. The summed E-state index contributed by atoms with van der Waals surface area (Å²) < 4.78 is 7.42. The SMILES string of the molecule is Cc1cccc(OC(C)C(=O)Nc2cnc3c(c2)c(C)nn3C)c1. The molecule has 0 aliphatic rings. The van der Waals surface area contributed by atoms with Crippen LogP contribution in [0.3, 0.4) is 0 Å². The minimum atomic E-state index is -0.613. The second-order valence-electron chi connectivity index (χ2n) is 5.87. The van der Waals surface area contributed by atoms with Crippen molar-refractivity contribution in [2.75, 3.05) is 5.32 Å². The van der Waals surface area contributed by atoms with Gasteiger partial charge in [-0.25, -0.2) is 4.98 Å². The van der Waals surface area contributed by atoms with Crippen molar-refractivity contribution in [1.82, 2.24) is 14.8 Å². The Morgan fingerprint density at radius 3 is 2.83 bits per heavy atom. The molecule has 0 fully saturated rings. The van der Waals surface area contributed by atoms with Crippen LogP contribution >= 0.6 is 0 Å². The molecule has 1 aromatic carbocycles. The highest BCUT2D eigenvalue weighted by atomic mass is 16.5. The fourth-order valence-corrected chi connectivity index (χ4v) is 2.57. The van der Waals surface area contributed by atoms with Gasteiger partial charge < -0.3 is 10.1 Å². The van der Waals surface area contributed by atoms with Crippen LogP contribution in [0, 0.1) is 13.8 Å². The lowest BCUT2D eigenvalue weighted by atomic mass is 10.2. The van der Waals surface area contributed by atoms with Crippen LogP contribution in [0.25, 0.3) is 11.0 Å². The third-order valence-corrected chi connectivity index (χ3v) is 3.80. The third-order valence-electron chi connectivity index (χ3n) is 3.80. The van der Waals surface area contributed by atoms with Crippen molar-refractivity contribution in [3.8, 4) is 5.75 Å². The number of hydrogen-bond acceptors (Lipinski definition) is 4. The van der Waals surface area contributed by atoms with E-state index in [1.54, 1.807) is 17.8 Å². The zero-order valence-corrected chi connectivity index (χ0v) is 14.2. The summed E-state index contributed by atoms with van der Waals surface area (Å²) in [5.41, 5.74) is 3.37. The van der Waals surface area contributed by atoms with E-state index < -0.39 is 6.10 Å². The number of nitrogens with one attached hydrogen (secondary N) is 1. The van der Waals surface area contributed by atoms with Crippen molar-refractivity contribution < 1.29 is 9.53 Å². The monoisotopic (exact) mass is 324 g/mol. The van der Waals surface area contributed by atoms with Crippen LogP contribution in [0.5, 0.6) is 5.75 Å². The summed E-state index contributed by atoms with van der Waals surface area (Å²) >= 11 is 0. The van der Waals surface area contributed by atoms with Crippen molar-refractivity contribution in [2.45, 2.75) is 26.9 Å². The van der Waals surface area contributed by atoms with E-state index in [9.17, 15) is 4.79 Å². The molecule has 2 aromatic heterocycles. The summed E-state index contributed by atoms with van der Waals surface area (Å²) in [5.74, 6) is 0.452. The molecule has 124 valence electrons. The minimum Gasteiger partial charge on any atom is -0.481 e. The first-order chi connectivity index (χ1) is 11.4. The van der Waals surface area contributed by atoms with Gasteiger partial charge in [0, 0.05) is 12.4 Å². The molecule has 2 heterocycles. The van der Waals surface area contributed by atoms with Crippen LogP contribution in [-0.4, -0.2) is 26.8 Å². The van der Waals surface area contributed by atoms with Crippen molar-refractivity contribution in [3.63, 3.8) is 0 Å². The molecular formula is C18H20N4O2. The zero-order valence-electron chi connectivity index (χ0n) is 14.2. The third kappa shape index (κ3) is 3.22. The van der Waals surface area contributed by atoms with Gasteiger partial charge in [0.25, 0.3) is 5.91 Å². The molecule has 0 aliphatic heterocycles. The van der Waals surface area contributed by atoms with Gasteiger partial charge in [-0.2, -0.15) is 5.10 Å². The predicted molar refractivity (Wildman–Crippen MR) is 93.1 cm³/mol. The average Bonchev–Trinajstić information content (AvgIpc) is 2.81. The van der Waals surface area contributed by atoms with E-state index in [1.165, 1.54) is 0 Å². The number of aryl methyl sites for hydroxylation is 3. The Morgan fingerprint density at radius 2 is 2.08 bits per heavy atom. The van der Waals surface area contributed by atoms with Crippen LogP contribution < -0.4 is 10.1 Å². The lowest BCUT2D eigenvalue weighted by molar-refractivity contribution is -0.122. The van der Waals surface area contributed by atoms with Crippen molar-refractivity contribution in [2.24, 2.45) is 7.05 Å². The first-order valence-corrected chi connectivity index (χ1v) is 7.77. The van der Waals surface area contributed by atoms with Gasteiger partial charge in [-0.05, 0) is 44.5 Å². The number of rotatable bonds is 4. The summed E-state index contributed by atoms with van der Waals surface area (Å²) in [6.07, 6.45) is 1.01. The zero-order chi connectivity index (χ0) is 17.3. The van der Waals surface area contributed by atoms with Crippen LogP contribution in [0.2, 0.25) is 0 Å². The molecule has 1 N–H and O–H groups in total. The molecule has 6 nitrogen and oxygen atoms in total. The van der Waals surface area contributed by atoms with Crippen molar-refractivity contribution in [3.05, 3.63) is 47.8 Å². The molecule has 1 unspecified atom stereocenters. The van der Waals surface area contributed by atoms with E-state index in [1.807, 2.05) is 51.2 Å². The summed E-state index contributed by atoms with van der Waals surface area (Å²) in [7, 11) is 1.85. The van der Waals surface area contributed by atoms with Gasteiger partial charge in [-0.3, -0.25) is 9.48 Å². The van der Waals surface area contributed by atoms with Gasteiger partial charge >= 0.3 is 0 Å². The number of nitrogens with zero attached hydrogens (tertiary/aromatic N) is 3. The summed E-state index contributed by atoms with van der Waals surface area (Å²) in [4.78, 5) is 16.7. The largest absolute Gasteiger partial charge is 0.481 e. The maximum absolute atomic E-state index is 12.3. The smallest absolute Gasteiger partial charge is 0.265 e. The molecule has 0 saturated carbocycles. The molecule has 6 heteroatoms. The number of pyridine rings is 1. The topological polar surface area (TPSA) is 69.0 Å². The van der Waals surface area contributed by atoms with Crippen LogP contribution in [0.15, 0.2) is 36.5 Å². The number of fused-ring (bicyclic) bond motifs is 1. The van der Waals surface area contributed by atoms with Crippen molar-refractivity contribution in [1.29, 1.82) is 0 Å². The summed E-state index contributed by atoms with van der Waals surface area (Å²) in [5, 5.41) is 8.09. The molecule has 0 bridgehead atoms. The summed E-state index contributed by atoms with van der Waals surface area (Å²) in [6.45, 7) is 5.62.